The number of hydrogen-bond donors (Lipinski definition) is 2. The van der Waals surface area contributed by atoms with E-state index in [4.69, 9.17) is 0 Å². The van der Waals surface area contributed by atoms with Gasteiger partial charge in [-0.3, -0.25) is 0 Å². The SMILES string of the molecule is CC(C)n1cnc2cc(O)c(O)cc21. The average molecular weight is 192 g/mol. The largest absolute Gasteiger partial charge is 0.504 e. The van der Waals surface area contributed by atoms with E-state index in [2.05, 4.69) is 4.98 Å². The molecule has 0 amide bonds. The maximum atomic E-state index is 9.35. The normalized spacial score (nSPS) is 11.4. The maximum absolute atomic E-state index is 9.35. The molecule has 0 aliphatic carbocycles. The first kappa shape index (κ1) is 8.87. The molecule has 4 heteroatoms. The second-order valence-electron chi connectivity index (χ2n) is 3.58. The maximum Gasteiger partial charge on any atom is 0.159 e. The Morgan fingerprint density at radius 3 is 2.50 bits per heavy atom. The second-order valence-corrected chi connectivity index (χ2v) is 3.58. The number of aromatic hydroxyl groups is 2. The van der Waals surface area contributed by atoms with E-state index in [0.29, 0.717) is 5.52 Å². The standard InChI is InChI=1S/C10H12N2O2/c1-6(2)12-5-11-7-3-9(13)10(14)4-8(7)12/h3-6,13-14H,1-2H3. The summed E-state index contributed by atoms with van der Waals surface area (Å²) >= 11 is 0. The Morgan fingerprint density at radius 1 is 1.21 bits per heavy atom. The molecule has 0 bridgehead atoms. The number of hydrogen-bond acceptors (Lipinski definition) is 3. The lowest BCUT2D eigenvalue weighted by Crippen LogP contribution is -1.97. The number of phenols is 2. The smallest absolute Gasteiger partial charge is 0.159 e. The molecule has 1 aromatic heterocycles. The molecular formula is C10H12N2O2. The lowest BCUT2D eigenvalue weighted by atomic mass is 10.2. The van der Waals surface area contributed by atoms with Crippen molar-refractivity contribution in [3.63, 3.8) is 0 Å². The highest BCUT2D eigenvalue weighted by Gasteiger charge is 2.09. The van der Waals surface area contributed by atoms with Crippen molar-refractivity contribution >= 4 is 11.0 Å². The van der Waals surface area contributed by atoms with Crippen LogP contribution in [-0.2, 0) is 0 Å². The van der Waals surface area contributed by atoms with Crippen LogP contribution in [0.1, 0.15) is 19.9 Å². The number of aromatic nitrogens is 2. The van der Waals surface area contributed by atoms with Crippen LogP contribution in [0.3, 0.4) is 0 Å². The van der Waals surface area contributed by atoms with Gasteiger partial charge >= 0.3 is 0 Å². The molecule has 0 spiro atoms. The highest BCUT2D eigenvalue weighted by Crippen LogP contribution is 2.30. The van der Waals surface area contributed by atoms with Gasteiger partial charge in [-0.2, -0.15) is 0 Å². The third-order valence-corrected chi connectivity index (χ3v) is 2.23. The van der Waals surface area contributed by atoms with E-state index < -0.39 is 0 Å². The summed E-state index contributed by atoms with van der Waals surface area (Å²) in [6.45, 7) is 4.07. The van der Waals surface area contributed by atoms with Gasteiger partial charge in [-0.15, -0.1) is 0 Å². The fraction of sp³-hybridized carbons (Fsp3) is 0.300. The average Bonchev–Trinajstić information content (AvgIpc) is 2.48. The minimum absolute atomic E-state index is 0.111. The van der Waals surface area contributed by atoms with Gasteiger partial charge in [0.25, 0.3) is 0 Å². The van der Waals surface area contributed by atoms with Crippen molar-refractivity contribution in [1.82, 2.24) is 9.55 Å². The third-order valence-electron chi connectivity index (χ3n) is 2.23. The molecule has 14 heavy (non-hydrogen) atoms. The molecule has 0 saturated carbocycles. The fourth-order valence-electron chi connectivity index (χ4n) is 1.46. The van der Waals surface area contributed by atoms with Crippen molar-refractivity contribution in [2.24, 2.45) is 0 Å². The van der Waals surface area contributed by atoms with Gasteiger partial charge in [-0.25, -0.2) is 4.98 Å². The quantitative estimate of drug-likeness (QED) is 0.679. The minimum Gasteiger partial charge on any atom is -0.504 e. The van der Waals surface area contributed by atoms with E-state index in [-0.39, 0.29) is 17.5 Å². The predicted molar refractivity (Wildman–Crippen MR) is 53.4 cm³/mol. The number of phenolic OH excluding ortho intramolecular Hbond substituents is 2. The van der Waals surface area contributed by atoms with Gasteiger partial charge < -0.3 is 14.8 Å². The number of fused-ring (bicyclic) bond motifs is 1. The molecular weight excluding hydrogens is 180 g/mol. The molecule has 2 aromatic rings. The Labute approximate surface area is 81.4 Å². The molecule has 1 heterocycles. The van der Waals surface area contributed by atoms with Gasteiger partial charge in [-0.1, -0.05) is 0 Å². The van der Waals surface area contributed by atoms with Crippen molar-refractivity contribution in [2.45, 2.75) is 19.9 Å². The van der Waals surface area contributed by atoms with Crippen LogP contribution in [0.15, 0.2) is 18.5 Å². The van der Waals surface area contributed by atoms with Gasteiger partial charge in [0.15, 0.2) is 11.5 Å². The van der Waals surface area contributed by atoms with Crippen molar-refractivity contribution < 1.29 is 10.2 Å². The predicted octanol–water partition coefficient (Wildman–Crippen LogP) is 2.03. The molecule has 74 valence electrons. The Bertz CT molecular complexity index is 474. The topological polar surface area (TPSA) is 58.3 Å². The first-order valence-corrected chi connectivity index (χ1v) is 4.48. The molecule has 0 aliphatic rings. The molecule has 0 radical (unpaired) electrons. The van der Waals surface area contributed by atoms with Crippen LogP contribution in [0.2, 0.25) is 0 Å². The van der Waals surface area contributed by atoms with Crippen LogP contribution in [0.4, 0.5) is 0 Å². The Morgan fingerprint density at radius 2 is 1.86 bits per heavy atom. The minimum atomic E-state index is -0.133. The molecule has 1 aromatic carbocycles. The fourth-order valence-corrected chi connectivity index (χ4v) is 1.46. The summed E-state index contributed by atoms with van der Waals surface area (Å²) < 4.78 is 1.94. The van der Waals surface area contributed by atoms with Crippen molar-refractivity contribution in [1.29, 1.82) is 0 Å². The Kier molecular flexibility index (Phi) is 1.84. The van der Waals surface area contributed by atoms with Crippen LogP contribution < -0.4 is 0 Å². The Hall–Kier alpha value is -1.71. The molecule has 2 rings (SSSR count). The van der Waals surface area contributed by atoms with E-state index in [1.54, 1.807) is 6.33 Å². The summed E-state index contributed by atoms with van der Waals surface area (Å²) in [5.41, 5.74) is 1.52. The molecule has 0 fully saturated rings. The molecule has 2 N–H and O–H groups in total. The van der Waals surface area contributed by atoms with Gasteiger partial charge in [0.1, 0.15) is 0 Å². The van der Waals surface area contributed by atoms with E-state index in [1.807, 2.05) is 18.4 Å². The highest BCUT2D eigenvalue weighted by molar-refractivity contribution is 5.79. The summed E-state index contributed by atoms with van der Waals surface area (Å²) in [7, 11) is 0. The molecule has 4 nitrogen and oxygen atoms in total. The molecule has 0 saturated heterocycles. The molecule has 0 atom stereocenters. The van der Waals surface area contributed by atoms with Crippen LogP contribution in [0, 0.1) is 0 Å². The van der Waals surface area contributed by atoms with Gasteiger partial charge in [0, 0.05) is 18.2 Å². The third kappa shape index (κ3) is 1.19. The summed E-state index contributed by atoms with van der Waals surface area (Å²) in [5.74, 6) is -0.244. The highest BCUT2D eigenvalue weighted by atomic mass is 16.3. The molecule has 0 aliphatic heterocycles. The van der Waals surface area contributed by atoms with E-state index in [0.717, 1.165) is 5.52 Å². The second kappa shape index (κ2) is 2.90. The Balaban J connectivity index is 2.74. The number of benzene rings is 1. The monoisotopic (exact) mass is 192 g/mol. The lowest BCUT2D eigenvalue weighted by molar-refractivity contribution is 0.404. The zero-order valence-electron chi connectivity index (χ0n) is 8.10. The molecule has 0 unspecified atom stereocenters. The van der Waals surface area contributed by atoms with Gasteiger partial charge in [-0.05, 0) is 13.8 Å². The number of imidazole rings is 1. The van der Waals surface area contributed by atoms with Crippen LogP contribution in [0.5, 0.6) is 11.5 Å². The van der Waals surface area contributed by atoms with Crippen LogP contribution >= 0.6 is 0 Å². The summed E-state index contributed by atoms with van der Waals surface area (Å²) in [6, 6.07) is 3.27. The first-order valence-electron chi connectivity index (χ1n) is 4.48. The van der Waals surface area contributed by atoms with E-state index in [1.165, 1.54) is 12.1 Å². The summed E-state index contributed by atoms with van der Waals surface area (Å²) in [5, 5.41) is 18.6. The van der Waals surface area contributed by atoms with Crippen molar-refractivity contribution in [3.05, 3.63) is 18.5 Å². The summed E-state index contributed by atoms with van der Waals surface area (Å²) in [6.07, 6.45) is 1.70. The van der Waals surface area contributed by atoms with Crippen LogP contribution in [-0.4, -0.2) is 19.8 Å². The number of nitrogens with zero attached hydrogens (tertiary/aromatic N) is 2. The zero-order valence-corrected chi connectivity index (χ0v) is 8.10. The van der Waals surface area contributed by atoms with Crippen LogP contribution in [0.25, 0.3) is 11.0 Å². The van der Waals surface area contributed by atoms with Gasteiger partial charge in [0.2, 0.25) is 0 Å². The summed E-state index contributed by atoms with van der Waals surface area (Å²) in [4.78, 5) is 4.13. The van der Waals surface area contributed by atoms with E-state index >= 15 is 0 Å². The van der Waals surface area contributed by atoms with E-state index in [9.17, 15) is 10.2 Å². The lowest BCUT2D eigenvalue weighted by Gasteiger charge is -2.07. The van der Waals surface area contributed by atoms with Crippen molar-refractivity contribution in [2.75, 3.05) is 0 Å². The first-order chi connectivity index (χ1) is 6.59. The zero-order chi connectivity index (χ0) is 10.3. The van der Waals surface area contributed by atoms with Crippen molar-refractivity contribution in [3.8, 4) is 11.5 Å². The van der Waals surface area contributed by atoms with Gasteiger partial charge in [0.05, 0.1) is 17.4 Å². The number of rotatable bonds is 1.